The molecule has 0 aliphatic heterocycles. The molecule has 0 aliphatic rings. The minimum absolute atomic E-state index is 0.159. The minimum Gasteiger partial charge on any atom is -0.462 e. The van der Waals surface area contributed by atoms with Crippen LogP contribution < -0.4 is 10.6 Å². The van der Waals surface area contributed by atoms with Crippen molar-refractivity contribution in [2.24, 2.45) is 0 Å². The lowest BCUT2D eigenvalue weighted by Gasteiger charge is -2.09. The van der Waals surface area contributed by atoms with Crippen LogP contribution in [-0.2, 0) is 16.0 Å². The first-order valence-corrected chi connectivity index (χ1v) is 7.62. The fourth-order valence-electron chi connectivity index (χ4n) is 1.54. The molecule has 0 atom stereocenters. The summed E-state index contributed by atoms with van der Waals surface area (Å²) in [5.74, 6) is -0.552. The molecule has 1 aromatic rings. The quantitative estimate of drug-likeness (QED) is 0.759. The van der Waals surface area contributed by atoms with Crippen LogP contribution in [0.5, 0.6) is 0 Å². The van der Waals surface area contributed by atoms with Crippen LogP contribution in [0, 0.1) is 0 Å². The molecule has 0 radical (unpaired) electrons. The van der Waals surface area contributed by atoms with E-state index in [0.29, 0.717) is 17.2 Å². The summed E-state index contributed by atoms with van der Waals surface area (Å²) in [7, 11) is 0. The summed E-state index contributed by atoms with van der Waals surface area (Å²) in [6.07, 6.45) is 0.817. The van der Waals surface area contributed by atoms with Crippen molar-refractivity contribution in [1.82, 2.24) is 5.32 Å². The van der Waals surface area contributed by atoms with E-state index in [1.165, 1.54) is 11.3 Å². The lowest BCUT2D eigenvalue weighted by atomic mass is 10.2. The van der Waals surface area contributed by atoms with Crippen LogP contribution in [0.2, 0.25) is 0 Å². The van der Waals surface area contributed by atoms with E-state index in [4.69, 9.17) is 4.74 Å². The number of anilines is 1. The van der Waals surface area contributed by atoms with Gasteiger partial charge in [0.15, 0.2) is 0 Å². The number of amides is 1. The van der Waals surface area contributed by atoms with Gasteiger partial charge in [-0.1, -0.05) is 20.8 Å². The zero-order chi connectivity index (χ0) is 15.1. The van der Waals surface area contributed by atoms with Crippen LogP contribution in [0.3, 0.4) is 0 Å². The lowest BCUT2D eigenvalue weighted by Crippen LogP contribution is -2.32. The number of thiophene rings is 1. The summed E-state index contributed by atoms with van der Waals surface area (Å²) in [4.78, 5) is 24.7. The Kier molecular flexibility index (Phi) is 6.67. The normalized spacial score (nSPS) is 10.7. The van der Waals surface area contributed by atoms with E-state index in [2.05, 4.69) is 10.6 Å². The first-order valence-electron chi connectivity index (χ1n) is 6.80. The van der Waals surface area contributed by atoms with Crippen LogP contribution in [0.15, 0.2) is 6.07 Å². The summed E-state index contributed by atoms with van der Waals surface area (Å²) in [6.45, 7) is 8.25. The number of nitrogens with one attached hydrogen (secondary N) is 2. The number of ether oxygens (including phenoxy) is 1. The minimum atomic E-state index is -0.393. The molecule has 0 unspecified atom stereocenters. The fraction of sp³-hybridized carbons (Fsp3) is 0.571. The van der Waals surface area contributed by atoms with Crippen molar-refractivity contribution in [3.63, 3.8) is 0 Å². The smallest absolute Gasteiger partial charge is 0.341 e. The third-order valence-electron chi connectivity index (χ3n) is 2.55. The molecule has 0 fully saturated rings. The molecule has 1 aromatic heterocycles. The predicted octanol–water partition coefficient (Wildman–Crippen LogP) is 2.42. The van der Waals surface area contributed by atoms with Gasteiger partial charge in [0, 0.05) is 10.9 Å². The molecule has 0 saturated carbocycles. The Balaban J connectivity index is 2.79. The van der Waals surface area contributed by atoms with E-state index >= 15 is 0 Å². The standard InChI is InChI=1S/C14H22N2O3S/c1-5-10-7-11(14(18)19-6-2)13(20-10)16-12(17)8-15-9(3)4/h7,9,15H,5-6,8H2,1-4H3,(H,16,17). The maximum absolute atomic E-state index is 11.9. The molecule has 2 N–H and O–H groups in total. The van der Waals surface area contributed by atoms with Gasteiger partial charge in [0.2, 0.25) is 5.91 Å². The van der Waals surface area contributed by atoms with Crippen LogP contribution in [0.25, 0.3) is 0 Å². The van der Waals surface area contributed by atoms with Gasteiger partial charge < -0.3 is 15.4 Å². The molecular formula is C14H22N2O3S. The van der Waals surface area contributed by atoms with Crippen LogP contribution in [-0.4, -0.2) is 31.1 Å². The van der Waals surface area contributed by atoms with Gasteiger partial charge in [-0.05, 0) is 19.4 Å². The maximum Gasteiger partial charge on any atom is 0.341 e. The number of carbonyl (C=O) groups excluding carboxylic acids is 2. The zero-order valence-electron chi connectivity index (χ0n) is 12.4. The molecule has 0 spiro atoms. The molecule has 0 bridgehead atoms. The number of esters is 1. The monoisotopic (exact) mass is 298 g/mol. The third kappa shape index (κ3) is 4.94. The second-order valence-electron chi connectivity index (χ2n) is 4.61. The van der Waals surface area contributed by atoms with Gasteiger partial charge in [-0.3, -0.25) is 4.79 Å². The molecule has 1 heterocycles. The first-order chi connectivity index (χ1) is 9.47. The van der Waals surface area contributed by atoms with E-state index in [1.54, 1.807) is 13.0 Å². The molecule has 112 valence electrons. The van der Waals surface area contributed by atoms with Gasteiger partial charge in [0.05, 0.1) is 18.7 Å². The van der Waals surface area contributed by atoms with Crippen molar-refractivity contribution >= 4 is 28.2 Å². The van der Waals surface area contributed by atoms with Gasteiger partial charge in [-0.15, -0.1) is 11.3 Å². The largest absolute Gasteiger partial charge is 0.462 e. The summed E-state index contributed by atoms with van der Waals surface area (Å²) in [6, 6.07) is 2.02. The van der Waals surface area contributed by atoms with Crippen molar-refractivity contribution in [3.05, 3.63) is 16.5 Å². The van der Waals surface area contributed by atoms with Crippen molar-refractivity contribution < 1.29 is 14.3 Å². The highest BCUT2D eigenvalue weighted by molar-refractivity contribution is 7.16. The molecule has 20 heavy (non-hydrogen) atoms. The lowest BCUT2D eigenvalue weighted by molar-refractivity contribution is -0.115. The molecule has 6 heteroatoms. The Morgan fingerprint density at radius 3 is 2.60 bits per heavy atom. The predicted molar refractivity (Wildman–Crippen MR) is 81.4 cm³/mol. The van der Waals surface area contributed by atoms with Gasteiger partial charge in [-0.2, -0.15) is 0 Å². The number of hydrogen-bond acceptors (Lipinski definition) is 5. The summed E-state index contributed by atoms with van der Waals surface area (Å²) < 4.78 is 5.01. The number of carbonyl (C=O) groups is 2. The highest BCUT2D eigenvalue weighted by Crippen LogP contribution is 2.29. The third-order valence-corrected chi connectivity index (χ3v) is 3.75. The number of aryl methyl sites for hydroxylation is 1. The average molecular weight is 298 g/mol. The number of hydrogen-bond donors (Lipinski definition) is 2. The highest BCUT2D eigenvalue weighted by atomic mass is 32.1. The van der Waals surface area contributed by atoms with Crippen molar-refractivity contribution in [3.8, 4) is 0 Å². The Morgan fingerprint density at radius 1 is 1.35 bits per heavy atom. The summed E-state index contributed by atoms with van der Waals surface area (Å²) >= 11 is 1.42. The second-order valence-corrected chi connectivity index (χ2v) is 5.75. The van der Waals surface area contributed by atoms with Gasteiger partial charge >= 0.3 is 5.97 Å². The molecule has 0 aliphatic carbocycles. The molecule has 0 aromatic carbocycles. The maximum atomic E-state index is 11.9. The summed E-state index contributed by atoms with van der Waals surface area (Å²) in [5.41, 5.74) is 0.437. The molecule has 5 nitrogen and oxygen atoms in total. The van der Waals surface area contributed by atoms with Gasteiger partial charge in [0.1, 0.15) is 5.00 Å². The van der Waals surface area contributed by atoms with Crippen molar-refractivity contribution in [1.29, 1.82) is 0 Å². The van der Waals surface area contributed by atoms with Crippen LogP contribution >= 0.6 is 11.3 Å². The molecular weight excluding hydrogens is 276 g/mol. The Bertz CT molecular complexity index is 469. The van der Waals surface area contributed by atoms with E-state index < -0.39 is 5.97 Å². The molecule has 0 saturated heterocycles. The van der Waals surface area contributed by atoms with E-state index in [-0.39, 0.29) is 18.5 Å². The van der Waals surface area contributed by atoms with Gasteiger partial charge in [-0.25, -0.2) is 4.79 Å². The summed E-state index contributed by atoms with van der Waals surface area (Å²) in [5, 5.41) is 6.38. The van der Waals surface area contributed by atoms with E-state index in [1.807, 2.05) is 20.8 Å². The number of rotatable bonds is 7. The Morgan fingerprint density at radius 2 is 2.05 bits per heavy atom. The van der Waals surface area contributed by atoms with Crippen molar-refractivity contribution in [2.75, 3.05) is 18.5 Å². The fourth-order valence-corrected chi connectivity index (χ4v) is 2.54. The van der Waals surface area contributed by atoms with E-state index in [0.717, 1.165) is 11.3 Å². The zero-order valence-corrected chi connectivity index (χ0v) is 13.2. The highest BCUT2D eigenvalue weighted by Gasteiger charge is 2.18. The Hall–Kier alpha value is -1.40. The van der Waals surface area contributed by atoms with Crippen LogP contribution in [0.4, 0.5) is 5.00 Å². The topological polar surface area (TPSA) is 67.4 Å². The van der Waals surface area contributed by atoms with Crippen molar-refractivity contribution in [2.45, 2.75) is 40.2 Å². The second kappa shape index (κ2) is 8.01. The van der Waals surface area contributed by atoms with Gasteiger partial charge in [0.25, 0.3) is 0 Å². The average Bonchev–Trinajstić information content (AvgIpc) is 2.80. The molecule has 1 amide bonds. The Labute approximate surface area is 123 Å². The van der Waals surface area contributed by atoms with E-state index in [9.17, 15) is 9.59 Å². The molecule has 1 rings (SSSR count). The first kappa shape index (κ1) is 16.7. The SMILES string of the molecule is CCOC(=O)c1cc(CC)sc1NC(=O)CNC(C)C. The van der Waals surface area contributed by atoms with Crippen LogP contribution in [0.1, 0.15) is 42.9 Å².